The number of halogens is 2. The number of hydrogen-bond acceptors (Lipinski definition) is 2. The molecular formula is C12H18F2N2. The van der Waals surface area contributed by atoms with E-state index in [9.17, 15) is 8.78 Å². The zero-order valence-corrected chi connectivity index (χ0v) is 9.87. The van der Waals surface area contributed by atoms with E-state index in [1.165, 1.54) is 6.07 Å². The van der Waals surface area contributed by atoms with Crippen molar-refractivity contribution in [1.29, 1.82) is 0 Å². The average molecular weight is 228 g/mol. The minimum Gasteiger partial charge on any atom is -0.399 e. The van der Waals surface area contributed by atoms with E-state index in [1.807, 2.05) is 25.7 Å². The molecule has 1 aromatic carbocycles. The fourth-order valence-corrected chi connectivity index (χ4v) is 1.82. The molecule has 2 nitrogen and oxygen atoms in total. The van der Waals surface area contributed by atoms with Crippen molar-refractivity contribution in [2.75, 3.05) is 17.2 Å². The largest absolute Gasteiger partial charge is 0.399 e. The zero-order chi connectivity index (χ0) is 12.3. The van der Waals surface area contributed by atoms with Crippen LogP contribution in [0.25, 0.3) is 0 Å². The van der Waals surface area contributed by atoms with Gasteiger partial charge in [0, 0.05) is 29.5 Å². The molecule has 0 bridgehead atoms. The molecule has 0 aliphatic heterocycles. The molecule has 0 unspecified atom stereocenters. The van der Waals surface area contributed by atoms with Gasteiger partial charge in [0.15, 0.2) is 0 Å². The molecule has 4 heteroatoms. The molecule has 16 heavy (non-hydrogen) atoms. The average Bonchev–Trinajstić information content (AvgIpc) is 2.20. The fraction of sp³-hybridized carbons (Fsp3) is 0.500. The van der Waals surface area contributed by atoms with Gasteiger partial charge in [0.25, 0.3) is 6.43 Å². The maximum absolute atomic E-state index is 12.9. The Kier molecular flexibility index (Phi) is 4.10. The first-order valence-electron chi connectivity index (χ1n) is 5.41. The van der Waals surface area contributed by atoms with E-state index in [0.29, 0.717) is 17.9 Å². The molecule has 0 saturated heterocycles. The van der Waals surface area contributed by atoms with E-state index >= 15 is 0 Å². The van der Waals surface area contributed by atoms with Crippen LogP contribution in [0, 0.1) is 0 Å². The lowest BCUT2D eigenvalue weighted by atomic mass is 10.1. The first-order valence-corrected chi connectivity index (χ1v) is 5.41. The SMILES string of the molecule is CCN(c1ccc(N)cc1C(F)F)C(C)C. The summed E-state index contributed by atoms with van der Waals surface area (Å²) in [6.07, 6.45) is -2.49. The first-order chi connectivity index (χ1) is 7.47. The molecule has 0 heterocycles. The van der Waals surface area contributed by atoms with Gasteiger partial charge in [-0.25, -0.2) is 8.78 Å². The van der Waals surface area contributed by atoms with Gasteiger partial charge < -0.3 is 10.6 Å². The maximum atomic E-state index is 12.9. The van der Waals surface area contributed by atoms with Crippen LogP contribution in [-0.4, -0.2) is 12.6 Å². The predicted octanol–water partition coefficient (Wildman–Crippen LogP) is 3.44. The number of nitrogens with zero attached hydrogens (tertiary/aromatic N) is 1. The van der Waals surface area contributed by atoms with Crippen molar-refractivity contribution >= 4 is 11.4 Å². The third-order valence-corrected chi connectivity index (χ3v) is 2.56. The van der Waals surface area contributed by atoms with Gasteiger partial charge >= 0.3 is 0 Å². The van der Waals surface area contributed by atoms with Gasteiger partial charge in [-0.05, 0) is 39.0 Å². The molecule has 0 amide bonds. The summed E-state index contributed by atoms with van der Waals surface area (Å²) in [6, 6.07) is 4.86. The minimum atomic E-state index is -2.49. The third-order valence-electron chi connectivity index (χ3n) is 2.56. The molecule has 0 atom stereocenters. The maximum Gasteiger partial charge on any atom is 0.265 e. The molecule has 1 aromatic rings. The van der Waals surface area contributed by atoms with Crippen molar-refractivity contribution in [1.82, 2.24) is 0 Å². The second-order valence-electron chi connectivity index (χ2n) is 4.00. The molecule has 2 N–H and O–H groups in total. The van der Waals surface area contributed by atoms with E-state index < -0.39 is 6.43 Å². The quantitative estimate of drug-likeness (QED) is 0.800. The number of benzene rings is 1. The standard InChI is InChI=1S/C12H18F2N2/c1-4-16(8(2)3)11-6-5-9(15)7-10(11)12(13)14/h5-8,12H,4,15H2,1-3H3. The van der Waals surface area contributed by atoms with Gasteiger partial charge in [-0.1, -0.05) is 0 Å². The van der Waals surface area contributed by atoms with Crippen molar-refractivity contribution in [3.05, 3.63) is 23.8 Å². The Morgan fingerprint density at radius 2 is 1.94 bits per heavy atom. The number of rotatable bonds is 4. The van der Waals surface area contributed by atoms with E-state index in [2.05, 4.69) is 0 Å². The summed E-state index contributed by atoms with van der Waals surface area (Å²) in [5.74, 6) is 0. The molecule has 0 radical (unpaired) electrons. The van der Waals surface area contributed by atoms with Crippen LogP contribution in [0.5, 0.6) is 0 Å². The Balaban J connectivity index is 3.20. The fourth-order valence-electron chi connectivity index (χ4n) is 1.82. The normalized spacial score (nSPS) is 11.2. The lowest BCUT2D eigenvalue weighted by Gasteiger charge is -2.29. The van der Waals surface area contributed by atoms with Crippen LogP contribution in [0.1, 0.15) is 32.8 Å². The molecular weight excluding hydrogens is 210 g/mol. The monoisotopic (exact) mass is 228 g/mol. The number of alkyl halides is 2. The number of hydrogen-bond donors (Lipinski definition) is 1. The van der Waals surface area contributed by atoms with Gasteiger partial charge in [-0.2, -0.15) is 0 Å². The van der Waals surface area contributed by atoms with Crippen LogP contribution < -0.4 is 10.6 Å². The van der Waals surface area contributed by atoms with E-state index in [4.69, 9.17) is 5.73 Å². The molecule has 0 aliphatic rings. The molecule has 1 rings (SSSR count). The van der Waals surface area contributed by atoms with Crippen LogP contribution in [0.4, 0.5) is 20.2 Å². The van der Waals surface area contributed by atoms with Crippen molar-refractivity contribution in [2.24, 2.45) is 0 Å². The summed E-state index contributed by atoms with van der Waals surface area (Å²) in [5.41, 5.74) is 6.49. The van der Waals surface area contributed by atoms with Gasteiger partial charge in [-0.15, -0.1) is 0 Å². The lowest BCUT2D eigenvalue weighted by molar-refractivity contribution is 0.152. The Labute approximate surface area is 95.1 Å². The van der Waals surface area contributed by atoms with Gasteiger partial charge in [0.05, 0.1) is 0 Å². The number of nitrogen functional groups attached to an aromatic ring is 1. The number of anilines is 2. The topological polar surface area (TPSA) is 29.3 Å². The highest BCUT2D eigenvalue weighted by molar-refractivity contribution is 5.60. The molecule has 0 spiro atoms. The highest BCUT2D eigenvalue weighted by atomic mass is 19.3. The summed E-state index contributed by atoms with van der Waals surface area (Å²) in [5, 5.41) is 0. The third kappa shape index (κ3) is 2.62. The van der Waals surface area contributed by atoms with Gasteiger partial charge in [0.1, 0.15) is 0 Å². The zero-order valence-electron chi connectivity index (χ0n) is 9.87. The summed E-state index contributed by atoms with van der Waals surface area (Å²) < 4.78 is 25.8. The van der Waals surface area contributed by atoms with Crippen LogP contribution in [0.3, 0.4) is 0 Å². The minimum absolute atomic E-state index is 0.00977. The Morgan fingerprint density at radius 3 is 2.38 bits per heavy atom. The molecule has 0 aliphatic carbocycles. The van der Waals surface area contributed by atoms with Gasteiger partial charge in [-0.3, -0.25) is 0 Å². The van der Waals surface area contributed by atoms with Crippen LogP contribution in [0.15, 0.2) is 18.2 Å². The molecule has 0 aromatic heterocycles. The Morgan fingerprint density at radius 1 is 1.31 bits per heavy atom. The van der Waals surface area contributed by atoms with Crippen molar-refractivity contribution < 1.29 is 8.78 Å². The second-order valence-corrected chi connectivity index (χ2v) is 4.00. The van der Waals surface area contributed by atoms with E-state index in [1.54, 1.807) is 12.1 Å². The number of nitrogens with two attached hydrogens (primary N) is 1. The highest BCUT2D eigenvalue weighted by Gasteiger charge is 2.18. The van der Waals surface area contributed by atoms with Crippen LogP contribution >= 0.6 is 0 Å². The summed E-state index contributed by atoms with van der Waals surface area (Å²) in [6.45, 7) is 6.61. The van der Waals surface area contributed by atoms with Gasteiger partial charge in [0.2, 0.25) is 0 Å². The molecule has 0 saturated carbocycles. The summed E-state index contributed by atoms with van der Waals surface area (Å²) in [7, 11) is 0. The lowest BCUT2D eigenvalue weighted by Crippen LogP contribution is -2.31. The smallest absolute Gasteiger partial charge is 0.265 e. The van der Waals surface area contributed by atoms with Crippen LogP contribution in [-0.2, 0) is 0 Å². The van der Waals surface area contributed by atoms with Crippen LogP contribution in [0.2, 0.25) is 0 Å². The first kappa shape index (κ1) is 12.7. The Hall–Kier alpha value is -1.32. The van der Waals surface area contributed by atoms with Crippen molar-refractivity contribution in [3.8, 4) is 0 Å². The molecule has 0 fully saturated rings. The predicted molar refractivity (Wildman–Crippen MR) is 64.0 cm³/mol. The Bertz CT molecular complexity index is 351. The summed E-state index contributed by atoms with van der Waals surface area (Å²) >= 11 is 0. The second kappa shape index (κ2) is 5.14. The van der Waals surface area contributed by atoms with E-state index in [0.717, 1.165) is 0 Å². The van der Waals surface area contributed by atoms with E-state index in [-0.39, 0.29) is 11.6 Å². The van der Waals surface area contributed by atoms with Crippen molar-refractivity contribution in [2.45, 2.75) is 33.2 Å². The highest BCUT2D eigenvalue weighted by Crippen LogP contribution is 2.32. The van der Waals surface area contributed by atoms with Crippen molar-refractivity contribution in [3.63, 3.8) is 0 Å². The molecule has 90 valence electrons. The summed E-state index contributed by atoms with van der Waals surface area (Å²) in [4.78, 5) is 1.93.